The minimum atomic E-state index is -0.818. The van der Waals surface area contributed by atoms with Crippen LogP contribution >= 0.6 is 11.3 Å². The number of ether oxygens (including phenoxy) is 1. The molecule has 1 aliphatic rings. The molecule has 1 aromatic heterocycles. The third kappa shape index (κ3) is 6.13. The highest BCUT2D eigenvalue weighted by Gasteiger charge is 2.27. The number of fused-ring (bicyclic) bond motifs is 1. The molecule has 0 spiro atoms. The minimum Gasteiger partial charge on any atom is -0.487 e. The number of carboxylic acids is 1. The van der Waals surface area contributed by atoms with E-state index < -0.39 is 17.7 Å². The molecule has 10 heteroatoms. The third-order valence-electron chi connectivity index (χ3n) is 5.91. The maximum absolute atomic E-state index is 14.5. The first-order chi connectivity index (χ1) is 16.8. The molecular formula is C25H24F2N2O5S. The second-order valence-electron chi connectivity index (χ2n) is 8.38. The zero-order valence-electron chi connectivity index (χ0n) is 18.7. The highest BCUT2D eigenvalue weighted by molar-refractivity contribution is 7.20. The molecule has 0 bridgehead atoms. The van der Waals surface area contributed by atoms with Gasteiger partial charge in [0, 0.05) is 23.4 Å². The lowest BCUT2D eigenvalue weighted by Crippen LogP contribution is -2.34. The second-order valence-corrected chi connectivity index (χ2v) is 9.46. The van der Waals surface area contributed by atoms with Crippen LogP contribution in [0.5, 0.6) is 5.75 Å². The molecule has 3 N–H and O–H groups in total. The summed E-state index contributed by atoms with van der Waals surface area (Å²) in [5, 5.41) is 15.0. The van der Waals surface area contributed by atoms with Gasteiger partial charge in [-0.05, 0) is 73.5 Å². The summed E-state index contributed by atoms with van der Waals surface area (Å²) >= 11 is 1.25. The van der Waals surface area contributed by atoms with Gasteiger partial charge in [0.25, 0.3) is 11.8 Å². The first-order valence-electron chi connectivity index (χ1n) is 11.2. The van der Waals surface area contributed by atoms with E-state index in [9.17, 15) is 23.2 Å². The van der Waals surface area contributed by atoms with E-state index in [-0.39, 0.29) is 48.1 Å². The van der Waals surface area contributed by atoms with Crippen LogP contribution in [0.4, 0.5) is 8.78 Å². The van der Waals surface area contributed by atoms with E-state index in [0.717, 1.165) is 10.8 Å². The number of rotatable bonds is 8. The number of hydrogen-bond donors (Lipinski definition) is 3. The van der Waals surface area contributed by atoms with Crippen molar-refractivity contribution in [2.75, 3.05) is 13.1 Å². The van der Waals surface area contributed by atoms with Crippen LogP contribution in [-0.4, -0.2) is 42.1 Å². The van der Waals surface area contributed by atoms with E-state index in [1.165, 1.54) is 35.6 Å². The van der Waals surface area contributed by atoms with Gasteiger partial charge in [-0.1, -0.05) is 0 Å². The summed E-state index contributed by atoms with van der Waals surface area (Å²) in [7, 11) is 0. The van der Waals surface area contributed by atoms with Crippen LogP contribution in [0.25, 0.3) is 10.1 Å². The standard InChI is InChI=1S/C25H24F2N2O5S/c26-17-4-8-21-16(11-17)13-22(35-21)24(31)29-10-9-28-23(30)15-3-7-20(19(27)12-15)34-18-5-1-14(2-6-18)25(32)33/h3-4,7-8,11-14,18H,1-2,5-6,9-10H2,(H,28,30)(H,29,31)(H,32,33)/t14-,18+. The highest BCUT2D eigenvalue weighted by Crippen LogP contribution is 2.29. The third-order valence-corrected chi connectivity index (χ3v) is 7.02. The molecule has 0 unspecified atom stereocenters. The van der Waals surface area contributed by atoms with Gasteiger partial charge in [-0.25, -0.2) is 8.78 Å². The fourth-order valence-corrected chi connectivity index (χ4v) is 4.97. The maximum atomic E-state index is 14.5. The SMILES string of the molecule is O=C(NCCNC(=O)c1cc2cc(F)ccc2s1)c1ccc(O[C@H]2CC[C@@H](C(=O)O)CC2)c(F)c1. The molecule has 1 aliphatic carbocycles. The van der Waals surface area contributed by atoms with E-state index in [0.29, 0.717) is 35.9 Å². The minimum absolute atomic E-state index is 0.0239. The molecule has 4 rings (SSSR count). The molecule has 0 radical (unpaired) electrons. The number of carbonyl (C=O) groups excluding carboxylic acids is 2. The van der Waals surface area contributed by atoms with Crippen LogP contribution in [0.1, 0.15) is 45.7 Å². The van der Waals surface area contributed by atoms with Gasteiger partial charge in [-0.2, -0.15) is 0 Å². The van der Waals surface area contributed by atoms with Gasteiger partial charge >= 0.3 is 5.97 Å². The van der Waals surface area contributed by atoms with Crippen molar-refractivity contribution >= 4 is 39.2 Å². The normalized spacial score (nSPS) is 17.7. The lowest BCUT2D eigenvalue weighted by atomic mass is 9.87. The second kappa shape index (κ2) is 10.8. The van der Waals surface area contributed by atoms with Crippen molar-refractivity contribution in [1.82, 2.24) is 10.6 Å². The number of carboxylic acid groups (broad SMARTS) is 1. The van der Waals surface area contributed by atoms with E-state index >= 15 is 0 Å². The van der Waals surface area contributed by atoms with Crippen LogP contribution < -0.4 is 15.4 Å². The van der Waals surface area contributed by atoms with Gasteiger partial charge in [0.1, 0.15) is 5.82 Å². The van der Waals surface area contributed by atoms with Crippen LogP contribution in [-0.2, 0) is 4.79 Å². The Morgan fingerprint density at radius 3 is 2.34 bits per heavy atom. The van der Waals surface area contributed by atoms with Crippen molar-refractivity contribution in [3.05, 3.63) is 64.5 Å². The fraction of sp³-hybridized carbons (Fsp3) is 0.320. The molecule has 1 fully saturated rings. The molecule has 35 heavy (non-hydrogen) atoms. The van der Waals surface area contributed by atoms with Crippen LogP contribution in [0, 0.1) is 17.6 Å². The van der Waals surface area contributed by atoms with Crippen molar-refractivity contribution in [2.45, 2.75) is 31.8 Å². The molecule has 0 atom stereocenters. The number of aliphatic carboxylic acids is 1. The first-order valence-corrected chi connectivity index (χ1v) is 12.1. The Hall–Kier alpha value is -3.53. The van der Waals surface area contributed by atoms with Crippen molar-refractivity contribution in [3.63, 3.8) is 0 Å². The quantitative estimate of drug-likeness (QED) is 0.397. The topological polar surface area (TPSA) is 105 Å². The van der Waals surface area contributed by atoms with Crippen LogP contribution in [0.2, 0.25) is 0 Å². The Kier molecular flexibility index (Phi) is 7.60. The summed E-state index contributed by atoms with van der Waals surface area (Å²) in [4.78, 5) is 36.1. The average Bonchev–Trinajstić information content (AvgIpc) is 3.26. The summed E-state index contributed by atoms with van der Waals surface area (Å²) in [6, 6.07) is 9.85. The highest BCUT2D eigenvalue weighted by atomic mass is 32.1. The summed E-state index contributed by atoms with van der Waals surface area (Å²) in [5.74, 6) is -3.05. The average molecular weight is 503 g/mol. The number of hydrogen-bond acceptors (Lipinski definition) is 5. The van der Waals surface area contributed by atoms with Gasteiger partial charge in [-0.15, -0.1) is 11.3 Å². The molecule has 7 nitrogen and oxygen atoms in total. The van der Waals surface area contributed by atoms with Gasteiger partial charge in [0.2, 0.25) is 0 Å². The molecule has 184 valence electrons. The lowest BCUT2D eigenvalue weighted by molar-refractivity contribution is -0.143. The molecule has 1 heterocycles. The number of carbonyl (C=O) groups is 3. The van der Waals surface area contributed by atoms with Gasteiger partial charge in [-0.3, -0.25) is 14.4 Å². The van der Waals surface area contributed by atoms with E-state index in [4.69, 9.17) is 9.84 Å². The number of amides is 2. The van der Waals surface area contributed by atoms with Crippen molar-refractivity contribution < 1.29 is 33.0 Å². The predicted molar refractivity (Wildman–Crippen MR) is 127 cm³/mol. The van der Waals surface area contributed by atoms with E-state index in [2.05, 4.69) is 10.6 Å². The first kappa shape index (κ1) is 24.6. The van der Waals surface area contributed by atoms with Crippen molar-refractivity contribution in [1.29, 1.82) is 0 Å². The summed E-state index contributed by atoms with van der Waals surface area (Å²) in [6.07, 6.45) is 1.77. The summed E-state index contributed by atoms with van der Waals surface area (Å²) in [6.45, 7) is 0.298. The molecule has 0 aliphatic heterocycles. The Morgan fingerprint density at radius 1 is 0.943 bits per heavy atom. The largest absolute Gasteiger partial charge is 0.487 e. The molecule has 3 aromatic rings. The maximum Gasteiger partial charge on any atom is 0.306 e. The Labute approximate surface area is 204 Å². The fourth-order valence-electron chi connectivity index (χ4n) is 4.01. The smallest absolute Gasteiger partial charge is 0.306 e. The molecule has 2 aromatic carbocycles. The lowest BCUT2D eigenvalue weighted by Gasteiger charge is -2.27. The van der Waals surface area contributed by atoms with Crippen molar-refractivity contribution in [3.8, 4) is 5.75 Å². The van der Waals surface area contributed by atoms with E-state index in [1.54, 1.807) is 12.1 Å². The molecule has 1 saturated carbocycles. The zero-order chi connectivity index (χ0) is 24.9. The monoisotopic (exact) mass is 502 g/mol. The summed E-state index contributed by atoms with van der Waals surface area (Å²) < 4.78 is 34.3. The molecule has 0 saturated heterocycles. The van der Waals surface area contributed by atoms with Crippen LogP contribution in [0.15, 0.2) is 42.5 Å². The van der Waals surface area contributed by atoms with Gasteiger partial charge in [0.15, 0.2) is 11.6 Å². The Morgan fingerprint density at radius 2 is 1.66 bits per heavy atom. The van der Waals surface area contributed by atoms with Gasteiger partial charge in [0.05, 0.1) is 16.9 Å². The zero-order valence-corrected chi connectivity index (χ0v) is 19.5. The van der Waals surface area contributed by atoms with E-state index in [1.807, 2.05) is 0 Å². The Bertz CT molecular complexity index is 1250. The molecular weight excluding hydrogens is 478 g/mol. The molecule has 2 amide bonds. The number of thiophene rings is 1. The van der Waals surface area contributed by atoms with Gasteiger partial charge < -0.3 is 20.5 Å². The Balaban J connectivity index is 1.23. The summed E-state index contributed by atoms with van der Waals surface area (Å²) in [5.41, 5.74) is 0.113. The number of benzene rings is 2. The number of halogens is 2. The number of nitrogens with one attached hydrogen (secondary N) is 2. The van der Waals surface area contributed by atoms with Crippen molar-refractivity contribution in [2.24, 2.45) is 5.92 Å². The predicted octanol–water partition coefficient (Wildman–Crippen LogP) is 4.36. The van der Waals surface area contributed by atoms with Crippen LogP contribution in [0.3, 0.4) is 0 Å².